The van der Waals surface area contributed by atoms with Crippen LogP contribution in [0, 0.1) is 0 Å². The predicted octanol–water partition coefficient (Wildman–Crippen LogP) is 3.91. The van der Waals surface area contributed by atoms with Crippen molar-refractivity contribution >= 4 is 43.2 Å². The van der Waals surface area contributed by atoms with E-state index >= 15 is 0 Å². The van der Waals surface area contributed by atoms with Crippen LogP contribution in [-0.4, -0.2) is 4.98 Å². The SMILES string of the molecule is NC(Cc1cncc(Br)c1)c1csc(Br)c1. The number of halogens is 2. The summed E-state index contributed by atoms with van der Waals surface area (Å²) in [6.07, 6.45) is 4.43. The highest BCUT2D eigenvalue weighted by Crippen LogP contribution is 2.26. The Kier molecular flexibility index (Phi) is 4.13. The van der Waals surface area contributed by atoms with Gasteiger partial charge in [0.2, 0.25) is 0 Å². The van der Waals surface area contributed by atoms with Gasteiger partial charge in [0.15, 0.2) is 0 Å². The molecule has 0 saturated carbocycles. The van der Waals surface area contributed by atoms with Crippen molar-refractivity contribution < 1.29 is 0 Å². The third-order valence-corrected chi connectivity index (χ3v) is 4.19. The number of hydrogen-bond acceptors (Lipinski definition) is 3. The lowest BCUT2D eigenvalue weighted by Gasteiger charge is -2.09. The lowest BCUT2D eigenvalue weighted by atomic mass is 10.0. The molecule has 2 aromatic rings. The van der Waals surface area contributed by atoms with Crippen LogP contribution in [0.1, 0.15) is 17.2 Å². The average molecular weight is 362 g/mol. The smallest absolute Gasteiger partial charge is 0.0701 e. The number of nitrogens with zero attached hydrogens (tertiary/aromatic N) is 1. The number of pyridine rings is 1. The summed E-state index contributed by atoms with van der Waals surface area (Å²) < 4.78 is 2.11. The molecule has 0 amide bonds. The summed E-state index contributed by atoms with van der Waals surface area (Å²) in [6.45, 7) is 0. The summed E-state index contributed by atoms with van der Waals surface area (Å²) in [5.41, 5.74) is 8.44. The van der Waals surface area contributed by atoms with Gasteiger partial charge in [-0.25, -0.2) is 0 Å². The first-order valence-electron chi connectivity index (χ1n) is 4.74. The Morgan fingerprint density at radius 3 is 2.75 bits per heavy atom. The van der Waals surface area contributed by atoms with Crippen molar-refractivity contribution in [2.75, 3.05) is 0 Å². The van der Waals surface area contributed by atoms with Crippen molar-refractivity contribution in [2.24, 2.45) is 5.73 Å². The maximum absolute atomic E-state index is 6.13. The van der Waals surface area contributed by atoms with Gasteiger partial charge in [-0.1, -0.05) is 0 Å². The minimum absolute atomic E-state index is 0.0265. The molecule has 2 nitrogen and oxygen atoms in total. The summed E-state index contributed by atoms with van der Waals surface area (Å²) in [7, 11) is 0. The van der Waals surface area contributed by atoms with Crippen LogP contribution in [-0.2, 0) is 6.42 Å². The molecule has 0 aromatic carbocycles. The Bertz CT molecular complexity index is 484. The summed E-state index contributed by atoms with van der Waals surface area (Å²) >= 11 is 8.50. The third kappa shape index (κ3) is 3.13. The van der Waals surface area contributed by atoms with Crippen LogP contribution < -0.4 is 5.73 Å². The van der Waals surface area contributed by atoms with Crippen LogP contribution in [0.25, 0.3) is 0 Å². The van der Waals surface area contributed by atoms with Crippen molar-refractivity contribution in [1.29, 1.82) is 0 Å². The summed E-state index contributed by atoms with van der Waals surface area (Å²) in [5, 5.41) is 2.08. The molecule has 0 aliphatic carbocycles. The second-order valence-corrected chi connectivity index (χ2v) is 6.71. The Morgan fingerprint density at radius 2 is 2.12 bits per heavy atom. The molecule has 0 aliphatic heterocycles. The van der Waals surface area contributed by atoms with Crippen LogP contribution in [0.4, 0.5) is 0 Å². The molecule has 0 radical (unpaired) electrons. The van der Waals surface area contributed by atoms with Crippen molar-refractivity contribution in [3.63, 3.8) is 0 Å². The summed E-state index contributed by atoms with van der Waals surface area (Å²) in [5.74, 6) is 0. The minimum atomic E-state index is 0.0265. The second kappa shape index (κ2) is 5.40. The van der Waals surface area contributed by atoms with Gasteiger partial charge in [0.05, 0.1) is 3.79 Å². The van der Waals surface area contributed by atoms with Gasteiger partial charge in [0, 0.05) is 22.9 Å². The van der Waals surface area contributed by atoms with E-state index in [9.17, 15) is 0 Å². The van der Waals surface area contributed by atoms with Crippen LogP contribution in [0.5, 0.6) is 0 Å². The number of rotatable bonds is 3. The highest BCUT2D eigenvalue weighted by Gasteiger charge is 2.09. The molecule has 1 unspecified atom stereocenters. The minimum Gasteiger partial charge on any atom is -0.324 e. The van der Waals surface area contributed by atoms with Crippen molar-refractivity contribution in [3.05, 3.63) is 49.3 Å². The first kappa shape index (κ1) is 12.2. The van der Waals surface area contributed by atoms with E-state index in [1.54, 1.807) is 17.5 Å². The number of thiophene rings is 1. The Hall–Kier alpha value is -0.230. The van der Waals surface area contributed by atoms with Gasteiger partial charge in [0.25, 0.3) is 0 Å². The number of nitrogens with two attached hydrogens (primary N) is 1. The molecule has 2 N–H and O–H groups in total. The zero-order valence-electron chi connectivity index (χ0n) is 8.36. The van der Waals surface area contributed by atoms with Crippen LogP contribution in [0.3, 0.4) is 0 Å². The molecular weight excluding hydrogens is 352 g/mol. The molecule has 2 aromatic heterocycles. The summed E-state index contributed by atoms with van der Waals surface area (Å²) in [4.78, 5) is 4.13. The molecule has 84 valence electrons. The van der Waals surface area contributed by atoms with E-state index in [4.69, 9.17) is 5.73 Å². The van der Waals surface area contributed by atoms with E-state index < -0.39 is 0 Å². The maximum Gasteiger partial charge on any atom is 0.0701 e. The molecule has 0 saturated heterocycles. The van der Waals surface area contributed by atoms with Gasteiger partial charge < -0.3 is 5.73 Å². The molecule has 1 atom stereocenters. The van der Waals surface area contributed by atoms with Crippen molar-refractivity contribution in [3.8, 4) is 0 Å². The first-order chi connectivity index (χ1) is 7.65. The van der Waals surface area contributed by atoms with Crippen LogP contribution in [0.15, 0.2) is 38.2 Å². The van der Waals surface area contributed by atoms with E-state index in [0.29, 0.717) is 0 Å². The predicted molar refractivity (Wildman–Crippen MR) is 74.6 cm³/mol. The maximum atomic E-state index is 6.13. The normalized spacial score (nSPS) is 12.7. The van der Waals surface area contributed by atoms with Gasteiger partial charge in [-0.2, -0.15) is 0 Å². The zero-order chi connectivity index (χ0) is 11.5. The molecular formula is C11H10Br2N2S. The van der Waals surface area contributed by atoms with Crippen molar-refractivity contribution in [2.45, 2.75) is 12.5 Å². The number of hydrogen-bond donors (Lipinski definition) is 1. The second-order valence-electron chi connectivity index (χ2n) is 3.51. The van der Waals surface area contributed by atoms with Gasteiger partial charge in [-0.15, -0.1) is 11.3 Å². The third-order valence-electron chi connectivity index (χ3n) is 2.23. The fourth-order valence-corrected chi connectivity index (χ4v) is 3.11. The fraction of sp³-hybridized carbons (Fsp3) is 0.182. The lowest BCUT2D eigenvalue weighted by Crippen LogP contribution is -2.12. The Morgan fingerprint density at radius 1 is 1.31 bits per heavy atom. The van der Waals surface area contributed by atoms with Gasteiger partial charge in [-0.05, 0) is 66.9 Å². The van der Waals surface area contributed by atoms with E-state index in [0.717, 1.165) is 25.8 Å². The van der Waals surface area contributed by atoms with Gasteiger partial charge in [0.1, 0.15) is 0 Å². The van der Waals surface area contributed by atoms with E-state index in [1.807, 2.05) is 12.3 Å². The van der Waals surface area contributed by atoms with E-state index in [1.165, 1.54) is 0 Å². The van der Waals surface area contributed by atoms with Crippen LogP contribution in [0.2, 0.25) is 0 Å². The quantitative estimate of drug-likeness (QED) is 0.899. The zero-order valence-corrected chi connectivity index (χ0v) is 12.3. The Labute approximate surface area is 115 Å². The first-order valence-corrected chi connectivity index (χ1v) is 7.20. The topological polar surface area (TPSA) is 38.9 Å². The fourth-order valence-electron chi connectivity index (χ4n) is 1.46. The largest absolute Gasteiger partial charge is 0.324 e. The standard InChI is InChI=1S/C11H10Br2N2S/c12-9-1-7(4-15-5-9)2-10(14)8-3-11(13)16-6-8/h1,3-6,10H,2,14H2. The van der Waals surface area contributed by atoms with Crippen LogP contribution >= 0.6 is 43.2 Å². The van der Waals surface area contributed by atoms with Gasteiger partial charge >= 0.3 is 0 Å². The van der Waals surface area contributed by atoms with Crippen molar-refractivity contribution in [1.82, 2.24) is 4.98 Å². The highest BCUT2D eigenvalue weighted by molar-refractivity contribution is 9.11. The lowest BCUT2D eigenvalue weighted by molar-refractivity contribution is 0.722. The van der Waals surface area contributed by atoms with E-state index in [-0.39, 0.29) is 6.04 Å². The average Bonchev–Trinajstić information content (AvgIpc) is 2.65. The molecule has 0 bridgehead atoms. The molecule has 2 heterocycles. The van der Waals surface area contributed by atoms with E-state index in [2.05, 4.69) is 48.3 Å². The van der Waals surface area contributed by atoms with Gasteiger partial charge in [-0.3, -0.25) is 4.98 Å². The molecule has 0 aliphatic rings. The monoisotopic (exact) mass is 360 g/mol. The summed E-state index contributed by atoms with van der Waals surface area (Å²) in [6, 6.07) is 4.15. The molecule has 5 heteroatoms. The molecule has 16 heavy (non-hydrogen) atoms. The number of aromatic nitrogens is 1. The molecule has 0 fully saturated rings. The Balaban J connectivity index is 2.10. The molecule has 0 spiro atoms. The highest BCUT2D eigenvalue weighted by atomic mass is 79.9. The molecule has 2 rings (SSSR count).